The lowest BCUT2D eigenvalue weighted by atomic mass is 10.2. The van der Waals surface area contributed by atoms with Gasteiger partial charge in [0.25, 0.3) is 0 Å². The average molecular weight is 294 g/mol. The average Bonchev–Trinajstić information content (AvgIpc) is 2.93. The molecule has 2 rings (SSSR count). The number of carbonyl (C=O) groups excluding carboxylic acids is 1. The van der Waals surface area contributed by atoms with Crippen LogP contribution < -0.4 is 11.1 Å². The molecule has 0 radical (unpaired) electrons. The second-order valence-electron chi connectivity index (χ2n) is 5.57. The predicted molar refractivity (Wildman–Crippen MR) is 82.6 cm³/mol. The maximum absolute atomic E-state index is 12.9. The lowest BCUT2D eigenvalue weighted by Crippen LogP contribution is -2.36. The van der Waals surface area contributed by atoms with Crippen LogP contribution in [0.2, 0.25) is 0 Å². The van der Waals surface area contributed by atoms with Gasteiger partial charge in [0.1, 0.15) is 5.82 Å². The molecule has 1 amide bonds. The van der Waals surface area contributed by atoms with Crippen molar-refractivity contribution in [3.05, 3.63) is 24.0 Å². The first-order valence-corrected chi connectivity index (χ1v) is 7.30. The van der Waals surface area contributed by atoms with Crippen molar-refractivity contribution in [2.75, 3.05) is 50.8 Å². The second kappa shape index (κ2) is 7.38. The fraction of sp³-hybridized carbons (Fsp3) is 0.533. The quantitative estimate of drug-likeness (QED) is 0.778. The van der Waals surface area contributed by atoms with E-state index in [4.69, 9.17) is 5.73 Å². The summed E-state index contributed by atoms with van der Waals surface area (Å²) in [5, 5.41) is 2.71. The Balaban J connectivity index is 1.75. The van der Waals surface area contributed by atoms with Crippen molar-refractivity contribution in [3.63, 3.8) is 0 Å². The summed E-state index contributed by atoms with van der Waals surface area (Å²) in [5.74, 6) is -0.550. The van der Waals surface area contributed by atoms with Crippen LogP contribution in [0.4, 0.5) is 15.8 Å². The lowest BCUT2D eigenvalue weighted by molar-refractivity contribution is -0.117. The van der Waals surface area contributed by atoms with Crippen LogP contribution in [0.1, 0.15) is 12.8 Å². The largest absolute Gasteiger partial charge is 0.397 e. The highest BCUT2D eigenvalue weighted by Gasteiger charge is 2.13. The Hall–Kier alpha value is -1.66. The highest BCUT2D eigenvalue weighted by Crippen LogP contribution is 2.18. The predicted octanol–water partition coefficient (Wildman–Crippen LogP) is 1.37. The maximum atomic E-state index is 12.9. The molecule has 1 heterocycles. The molecule has 0 bridgehead atoms. The Labute approximate surface area is 124 Å². The minimum absolute atomic E-state index is 0.141. The number of hydrogen-bond acceptors (Lipinski definition) is 4. The topological polar surface area (TPSA) is 61.6 Å². The van der Waals surface area contributed by atoms with E-state index in [2.05, 4.69) is 10.2 Å². The Morgan fingerprint density at radius 2 is 2.14 bits per heavy atom. The summed E-state index contributed by atoms with van der Waals surface area (Å²) in [7, 11) is 1.92. The highest BCUT2D eigenvalue weighted by molar-refractivity contribution is 5.95. The van der Waals surface area contributed by atoms with Crippen LogP contribution in [0.15, 0.2) is 18.2 Å². The molecule has 116 valence electrons. The van der Waals surface area contributed by atoms with Gasteiger partial charge in [0, 0.05) is 13.1 Å². The number of likely N-dealkylation sites (N-methyl/N-ethyl adjacent to an activating group) is 1. The smallest absolute Gasteiger partial charge is 0.238 e. The van der Waals surface area contributed by atoms with Gasteiger partial charge in [0.15, 0.2) is 0 Å². The van der Waals surface area contributed by atoms with Crippen molar-refractivity contribution in [2.45, 2.75) is 12.8 Å². The van der Waals surface area contributed by atoms with E-state index < -0.39 is 5.82 Å². The number of amides is 1. The third-order valence-electron chi connectivity index (χ3n) is 3.70. The van der Waals surface area contributed by atoms with Gasteiger partial charge in [-0.2, -0.15) is 0 Å². The number of anilines is 2. The lowest BCUT2D eigenvalue weighted by Gasteiger charge is -2.21. The van der Waals surface area contributed by atoms with Crippen LogP contribution in [0, 0.1) is 5.82 Å². The van der Waals surface area contributed by atoms with Crippen molar-refractivity contribution in [3.8, 4) is 0 Å². The summed E-state index contributed by atoms with van der Waals surface area (Å²) in [6.45, 7) is 4.46. The normalized spacial score (nSPS) is 15.6. The summed E-state index contributed by atoms with van der Waals surface area (Å²) in [5.41, 5.74) is 6.36. The first-order valence-electron chi connectivity index (χ1n) is 7.30. The molecule has 0 aliphatic carbocycles. The van der Waals surface area contributed by atoms with Gasteiger partial charge in [-0.1, -0.05) is 0 Å². The van der Waals surface area contributed by atoms with Gasteiger partial charge < -0.3 is 16.0 Å². The molecule has 0 saturated carbocycles. The summed E-state index contributed by atoms with van der Waals surface area (Å²) in [4.78, 5) is 16.3. The fourth-order valence-corrected chi connectivity index (χ4v) is 2.48. The third kappa shape index (κ3) is 4.99. The molecule has 1 saturated heterocycles. The van der Waals surface area contributed by atoms with Gasteiger partial charge in [-0.25, -0.2) is 4.39 Å². The Morgan fingerprint density at radius 1 is 1.43 bits per heavy atom. The number of likely N-dealkylation sites (tertiary alicyclic amines) is 1. The van der Waals surface area contributed by atoms with E-state index in [1.165, 1.54) is 31.0 Å². The van der Waals surface area contributed by atoms with E-state index in [1.54, 1.807) is 0 Å². The van der Waals surface area contributed by atoms with E-state index in [1.807, 2.05) is 11.9 Å². The van der Waals surface area contributed by atoms with Gasteiger partial charge in [0.2, 0.25) is 5.91 Å². The minimum Gasteiger partial charge on any atom is -0.397 e. The van der Waals surface area contributed by atoms with Crippen LogP contribution in [0.5, 0.6) is 0 Å². The number of nitrogens with zero attached hydrogens (tertiary/aromatic N) is 2. The van der Waals surface area contributed by atoms with E-state index in [0.29, 0.717) is 12.2 Å². The van der Waals surface area contributed by atoms with Crippen molar-refractivity contribution in [2.24, 2.45) is 0 Å². The van der Waals surface area contributed by atoms with E-state index in [9.17, 15) is 9.18 Å². The number of carbonyl (C=O) groups is 1. The number of nitrogen functional groups attached to an aromatic ring is 1. The molecule has 21 heavy (non-hydrogen) atoms. The van der Waals surface area contributed by atoms with Crippen molar-refractivity contribution < 1.29 is 9.18 Å². The molecule has 6 heteroatoms. The highest BCUT2D eigenvalue weighted by atomic mass is 19.1. The first kappa shape index (κ1) is 15.7. The Bertz CT molecular complexity index is 489. The number of halogens is 1. The van der Waals surface area contributed by atoms with Crippen LogP contribution in [0.3, 0.4) is 0 Å². The Morgan fingerprint density at radius 3 is 2.81 bits per heavy atom. The molecule has 3 N–H and O–H groups in total. The molecule has 1 fully saturated rings. The molecule has 5 nitrogen and oxygen atoms in total. The zero-order chi connectivity index (χ0) is 15.2. The number of rotatable bonds is 6. The molecule has 0 aromatic heterocycles. The monoisotopic (exact) mass is 294 g/mol. The van der Waals surface area contributed by atoms with Gasteiger partial charge in [-0.15, -0.1) is 0 Å². The second-order valence-corrected chi connectivity index (χ2v) is 5.57. The molecule has 0 spiro atoms. The van der Waals surface area contributed by atoms with Gasteiger partial charge in [-0.05, 0) is 51.2 Å². The molecule has 0 atom stereocenters. The third-order valence-corrected chi connectivity index (χ3v) is 3.70. The van der Waals surface area contributed by atoms with Gasteiger partial charge >= 0.3 is 0 Å². The van der Waals surface area contributed by atoms with E-state index >= 15 is 0 Å². The number of nitrogens with two attached hydrogens (primary N) is 1. The first-order chi connectivity index (χ1) is 10.0. The number of hydrogen-bond donors (Lipinski definition) is 2. The maximum Gasteiger partial charge on any atom is 0.238 e. The fourth-order valence-electron chi connectivity index (χ4n) is 2.48. The molecule has 1 aliphatic rings. The number of benzene rings is 1. The zero-order valence-electron chi connectivity index (χ0n) is 12.4. The van der Waals surface area contributed by atoms with Crippen molar-refractivity contribution >= 4 is 17.3 Å². The Kier molecular flexibility index (Phi) is 5.52. The van der Waals surface area contributed by atoms with Crippen molar-refractivity contribution in [1.29, 1.82) is 0 Å². The molecule has 1 aliphatic heterocycles. The minimum atomic E-state index is -0.409. The zero-order valence-corrected chi connectivity index (χ0v) is 12.4. The summed E-state index contributed by atoms with van der Waals surface area (Å²) in [6, 6.07) is 3.96. The van der Waals surface area contributed by atoms with Crippen LogP contribution in [0.25, 0.3) is 0 Å². The standard InChI is InChI=1S/C15H23FN4O/c1-19(8-9-20-6-2-3-7-20)11-15(21)18-14-5-4-12(16)10-13(14)17/h4-5,10H,2-3,6-9,11,17H2,1H3,(H,18,21). The molecular weight excluding hydrogens is 271 g/mol. The van der Waals surface area contributed by atoms with E-state index in [-0.39, 0.29) is 11.6 Å². The van der Waals surface area contributed by atoms with Gasteiger partial charge in [0.05, 0.1) is 17.9 Å². The molecular formula is C15H23FN4O. The molecule has 1 aromatic rings. The van der Waals surface area contributed by atoms with Gasteiger partial charge in [-0.3, -0.25) is 9.69 Å². The summed E-state index contributed by atoms with van der Waals surface area (Å²) in [6.07, 6.45) is 2.54. The van der Waals surface area contributed by atoms with Crippen LogP contribution in [-0.4, -0.2) is 55.5 Å². The van der Waals surface area contributed by atoms with Crippen LogP contribution in [-0.2, 0) is 4.79 Å². The van der Waals surface area contributed by atoms with E-state index in [0.717, 1.165) is 26.2 Å². The number of nitrogens with one attached hydrogen (secondary N) is 1. The summed E-state index contributed by atoms with van der Waals surface area (Å²) < 4.78 is 12.9. The SMILES string of the molecule is CN(CCN1CCCC1)CC(=O)Nc1ccc(F)cc1N. The molecule has 1 aromatic carbocycles. The van der Waals surface area contributed by atoms with Crippen LogP contribution >= 0.6 is 0 Å². The van der Waals surface area contributed by atoms with Crippen molar-refractivity contribution in [1.82, 2.24) is 9.80 Å². The summed E-state index contributed by atoms with van der Waals surface area (Å²) >= 11 is 0. The molecule has 0 unspecified atom stereocenters.